The lowest BCUT2D eigenvalue weighted by molar-refractivity contribution is -0.275. The summed E-state index contributed by atoms with van der Waals surface area (Å²) in [6.07, 6.45) is -4.12. The van der Waals surface area contributed by atoms with Gasteiger partial charge in [0, 0.05) is 42.3 Å². The van der Waals surface area contributed by atoms with E-state index in [9.17, 15) is 13.2 Å². The SMILES string of the molecule is C=C(C)C[C@H](c1cc(Br)ccc1OC(F)(F)F)N1CCNCC1. The number of halogens is 4. The van der Waals surface area contributed by atoms with Gasteiger partial charge in [-0.3, -0.25) is 4.90 Å². The van der Waals surface area contributed by atoms with Crippen LogP contribution in [0.1, 0.15) is 24.9 Å². The third-order valence-corrected chi connectivity index (χ3v) is 4.18. The summed E-state index contributed by atoms with van der Waals surface area (Å²) in [6, 6.07) is 4.43. The monoisotopic (exact) mass is 392 g/mol. The van der Waals surface area contributed by atoms with E-state index in [1.807, 2.05) is 6.92 Å². The summed E-state index contributed by atoms with van der Waals surface area (Å²) >= 11 is 3.34. The number of rotatable bonds is 5. The zero-order chi connectivity index (χ0) is 17.0. The predicted octanol–water partition coefficient (Wildman–Crippen LogP) is 4.26. The van der Waals surface area contributed by atoms with E-state index in [1.54, 1.807) is 12.1 Å². The van der Waals surface area contributed by atoms with Gasteiger partial charge in [-0.15, -0.1) is 19.8 Å². The van der Waals surface area contributed by atoms with Crippen LogP contribution in [0, 0.1) is 0 Å². The summed E-state index contributed by atoms with van der Waals surface area (Å²) in [5.74, 6) is -0.148. The molecule has 3 nitrogen and oxygen atoms in total. The van der Waals surface area contributed by atoms with Crippen LogP contribution in [-0.2, 0) is 0 Å². The Morgan fingerprint density at radius 1 is 1.39 bits per heavy atom. The lowest BCUT2D eigenvalue weighted by Crippen LogP contribution is -2.45. The molecule has 1 atom stereocenters. The second kappa shape index (κ2) is 7.68. The van der Waals surface area contributed by atoms with Crippen molar-refractivity contribution in [3.05, 3.63) is 40.4 Å². The van der Waals surface area contributed by atoms with Gasteiger partial charge in [0.15, 0.2) is 0 Å². The molecular formula is C16H20BrF3N2O. The van der Waals surface area contributed by atoms with Gasteiger partial charge in [-0.25, -0.2) is 0 Å². The van der Waals surface area contributed by atoms with Crippen molar-refractivity contribution >= 4 is 15.9 Å². The van der Waals surface area contributed by atoms with Gasteiger partial charge in [0.05, 0.1) is 0 Å². The average Bonchev–Trinajstić information content (AvgIpc) is 2.46. The minimum Gasteiger partial charge on any atom is -0.405 e. The number of piperazine rings is 1. The van der Waals surface area contributed by atoms with Crippen molar-refractivity contribution in [1.82, 2.24) is 10.2 Å². The van der Waals surface area contributed by atoms with Gasteiger partial charge >= 0.3 is 6.36 Å². The van der Waals surface area contributed by atoms with Crippen LogP contribution in [0.5, 0.6) is 5.75 Å². The second-order valence-corrected chi connectivity index (χ2v) is 6.61. The first-order chi connectivity index (χ1) is 10.8. The molecule has 23 heavy (non-hydrogen) atoms. The average molecular weight is 393 g/mol. The van der Waals surface area contributed by atoms with Gasteiger partial charge < -0.3 is 10.1 Å². The molecule has 2 rings (SSSR count). The number of nitrogens with one attached hydrogen (secondary N) is 1. The van der Waals surface area contributed by atoms with Crippen molar-refractivity contribution in [2.45, 2.75) is 25.7 Å². The minimum absolute atomic E-state index is 0.148. The van der Waals surface area contributed by atoms with Crippen LogP contribution in [0.2, 0.25) is 0 Å². The molecule has 0 aliphatic carbocycles. The molecule has 0 unspecified atom stereocenters. The maximum absolute atomic E-state index is 12.7. The van der Waals surface area contributed by atoms with E-state index in [4.69, 9.17) is 0 Å². The summed E-state index contributed by atoms with van der Waals surface area (Å²) < 4.78 is 43.1. The first-order valence-corrected chi connectivity index (χ1v) is 8.20. The van der Waals surface area contributed by atoms with Gasteiger partial charge in [-0.2, -0.15) is 0 Å². The van der Waals surface area contributed by atoms with Gasteiger partial charge in [0.2, 0.25) is 0 Å². The van der Waals surface area contributed by atoms with Gasteiger partial charge in [0.25, 0.3) is 0 Å². The Morgan fingerprint density at radius 3 is 2.61 bits per heavy atom. The van der Waals surface area contributed by atoms with E-state index in [0.717, 1.165) is 36.2 Å². The Morgan fingerprint density at radius 2 is 2.04 bits per heavy atom. The summed E-state index contributed by atoms with van der Waals surface area (Å²) in [4.78, 5) is 2.18. The first-order valence-electron chi connectivity index (χ1n) is 7.40. The van der Waals surface area contributed by atoms with Crippen molar-refractivity contribution in [1.29, 1.82) is 0 Å². The van der Waals surface area contributed by atoms with Crippen LogP contribution in [-0.4, -0.2) is 37.4 Å². The van der Waals surface area contributed by atoms with E-state index < -0.39 is 6.36 Å². The van der Waals surface area contributed by atoms with Crippen LogP contribution in [0.3, 0.4) is 0 Å². The second-order valence-electron chi connectivity index (χ2n) is 5.69. The van der Waals surface area contributed by atoms with E-state index in [2.05, 4.69) is 37.5 Å². The molecule has 1 aromatic carbocycles. The largest absolute Gasteiger partial charge is 0.573 e. The topological polar surface area (TPSA) is 24.5 Å². The number of hydrogen-bond acceptors (Lipinski definition) is 3. The normalized spacial score (nSPS) is 17.8. The Bertz CT molecular complexity index is 557. The molecule has 0 bridgehead atoms. The Kier molecular flexibility index (Phi) is 6.11. The van der Waals surface area contributed by atoms with Crippen LogP contribution in [0.25, 0.3) is 0 Å². The molecule has 7 heteroatoms. The van der Waals surface area contributed by atoms with Crippen LogP contribution in [0.4, 0.5) is 13.2 Å². The maximum atomic E-state index is 12.7. The van der Waals surface area contributed by atoms with Gasteiger partial charge in [-0.1, -0.05) is 21.5 Å². The summed E-state index contributed by atoms with van der Waals surface area (Å²) in [7, 11) is 0. The molecule has 128 valence electrons. The Labute approximate surface area is 142 Å². The highest BCUT2D eigenvalue weighted by molar-refractivity contribution is 9.10. The van der Waals surface area contributed by atoms with Gasteiger partial charge in [-0.05, 0) is 31.5 Å². The molecule has 1 aliphatic rings. The van der Waals surface area contributed by atoms with E-state index >= 15 is 0 Å². The smallest absolute Gasteiger partial charge is 0.405 e. The highest BCUT2D eigenvalue weighted by Gasteiger charge is 2.34. The van der Waals surface area contributed by atoms with Gasteiger partial charge in [0.1, 0.15) is 5.75 Å². The molecule has 1 aliphatic heterocycles. The third kappa shape index (κ3) is 5.51. The highest BCUT2D eigenvalue weighted by atomic mass is 79.9. The Hall–Kier alpha value is -1.05. The number of hydrogen-bond donors (Lipinski definition) is 1. The van der Waals surface area contributed by atoms with E-state index in [0.29, 0.717) is 12.0 Å². The molecule has 0 aromatic heterocycles. The number of nitrogens with zero attached hydrogens (tertiary/aromatic N) is 1. The van der Waals surface area contributed by atoms with Crippen LogP contribution < -0.4 is 10.1 Å². The quantitative estimate of drug-likeness (QED) is 0.757. The number of ether oxygens (including phenoxy) is 1. The molecule has 0 saturated carbocycles. The third-order valence-electron chi connectivity index (χ3n) is 3.69. The summed E-state index contributed by atoms with van der Waals surface area (Å²) in [6.45, 7) is 8.99. The molecule has 0 radical (unpaired) electrons. The maximum Gasteiger partial charge on any atom is 0.573 e. The van der Waals surface area contributed by atoms with Crippen molar-refractivity contribution in [3.8, 4) is 5.75 Å². The van der Waals surface area contributed by atoms with Crippen LogP contribution in [0.15, 0.2) is 34.8 Å². The minimum atomic E-state index is -4.71. The fourth-order valence-corrected chi connectivity index (χ4v) is 3.14. The van der Waals surface area contributed by atoms with E-state index in [1.165, 1.54) is 6.07 Å². The zero-order valence-electron chi connectivity index (χ0n) is 12.9. The molecule has 1 saturated heterocycles. The number of alkyl halides is 3. The van der Waals surface area contributed by atoms with Crippen molar-refractivity contribution < 1.29 is 17.9 Å². The predicted molar refractivity (Wildman–Crippen MR) is 87.4 cm³/mol. The zero-order valence-corrected chi connectivity index (χ0v) is 14.5. The van der Waals surface area contributed by atoms with Crippen molar-refractivity contribution in [2.75, 3.05) is 26.2 Å². The molecule has 0 amide bonds. The summed E-state index contributed by atoms with van der Waals surface area (Å²) in [5.41, 5.74) is 1.45. The Balaban J connectivity index is 2.39. The highest BCUT2D eigenvalue weighted by Crippen LogP contribution is 2.38. The number of benzene rings is 1. The fourth-order valence-electron chi connectivity index (χ4n) is 2.76. The van der Waals surface area contributed by atoms with Crippen molar-refractivity contribution in [2.24, 2.45) is 0 Å². The molecule has 1 fully saturated rings. The molecule has 1 aromatic rings. The molecule has 1 heterocycles. The summed E-state index contributed by atoms with van der Waals surface area (Å²) in [5, 5.41) is 3.25. The van der Waals surface area contributed by atoms with Crippen molar-refractivity contribution in [3.63, 3.8) is 0 Å². The lowest BCUT2D eigenvalue weighted by atomic mass is 9.97. The lowest BCUT2D eigenvalue weighted by Gasteiger charge is -2.36. The molecule has 0 spiro atoms. The molecular weight excluding hydrogens is 373 g/mol. The standard InChI is InChI=1S/C16H20BrF3N2O/c1-11(2)9-14(22-7-5-21-6-8-22)13-10-12(17)3-4-15(13)23-16(18,19)20/h3-4,10,14,21H,1,5-9H2,2H3/t14-/m1/s1. The van der Waals surface area contributed by atoms with E-state index in [-0.39, 0.29) is 11.8 Å². The fraction of sp³-hybridized carbons (Fsp3) is 0.500. The molecule has 1 N–H and O–H groups in total. The van der Waals surface area contributed by atoms with Crippen LogP contribution >= 0.6 is 15.9 Å². The first kappa shape index (κ1) is 18.3.